The van der Waals surface area contributed by atoms with E-state index < -0.39 is 22.4 Å². The van der Waals surface area contributed by atoms with E-state index in [1.807, 2.05) is 25.3 Å². The van der Waals surface area contributed by atoms with E-state index in [1.54, 1.807) is 19.9 Å². The molecule has 3 heterocycles. The van der Waals surface area contributed by atoms with Crippen LogP contribution >= 0.6 is 0 Å². The molecule has 1 aliphatic heterocycles. The predicted octanol–water partition coefficient (Wildman–Crippen LogP) is 2.92. The third kappa shape index (κ3) is 4.14. The summed E-state index contributed by atoms with van der Waals surface area (Å²) in [6.45, 7) is 8.62. The lowest BCUT2D eigenvalue weighted by molar-refractivity contribution is 0.0471. The minimum Gasteiger partial charge on any atom is -0.454 e. The van der Waals surface area contributed by atoms with Crippen LogP contribution in [0.1, 0.15) is 75.8 Å². The van der Waals surface area contributed by atoms with Crippen LogP contribution < -0.4 is 0 Å². The smallest absolute Gasteiger partial charge is 0.344 e. The van der Waals surface area contributed by atoms with Crippen molar-refractivity contribution in [2.75, 3.05) is 18.1 Å². The number of carbonyl (C=O) groups excluding carboxylic acids is 2. The second-order valence-electron chi connectivity index (χ2n) is 7.87. The zero-order chi connectivity index (χ0) is 21.5. The van der Waals surface area contributed by atoms with Crippen molar-refractivity contribution in [2.45, 2.75) is 53.0 Å². The second-order valence-corrected chi connectivity index (χ2v) is 10.1. The van der Waals surface area contributed by atoms with Crippen LogP contribution in [0.4, 0.5) is 0 Å². The molecule has 29 heavy (non-hydrogen) atoms. The number of esters is 1. The number of aryl methyl sites for hydroxylation is 2. The van der Waals surface area contributed by atoms with Crippen molar-refractivity contribution < 1.29 is 27.3 Å². The van der Waals surface area contributed by atoms with Gasteiger partial charge in [0.1, 0.15) is 5.56 Å². The molecule has 0 aromatic carbocycles. The molecular weight excluding hydrogens is 396 g/mol. The Labute approximate surface area is 170 Å². The summed E-state index contributed by atoms with van der Waals surface area (Å²) in [7, 11) is -3.04. The summed E-state index contributed by atoms with van der Waals surface area (Å²) in [5.41, 5.74) is 2.62. The van der Waals surface area contributed by atoms with Gasteiger partial charge in [-0.25, -0.2) is 13.2 Å². The summed E-state index contributed by atoms with van der Waals surface area (Å²) < 4.78 is 36.0. The minimum atomic E-state index is -3.04. The Morgan fingerprint density at radius 2 is 2.00 bits per heavy atom. The Morgan fingerprint density at radius 1 is 1.31 bits per heavy atom. The molecule has 8 nitrogen and oxygen atoms in total. The van der Waals surface area contributed by atoms with E-state index in [4.69, 9.17) is 9.26 Å². The first-order valence-electron chi connectivity index (χ1n) is 9.57. The number of ketones is 1. The molecule has 1 atom stereocenters. The molecule has 158 valence electrons. The molecule has 0 N–H and O–H groups in total. The Hall–Kier alpha value is -2.42. The van der Waals surface area contributed by atoms with Crippen LogP contribution in [0.25, 0.3) is 0 Å². The molecule has 1 fully saturated rings. The fourth-order valence-corrected chi connectivity index (χ4v) is 5.61. The zero-order valence-electron chi connectivity index (χ0n) is 17.3. The lowest BCUT2D eigenvalue weighted by Crippen LogP contribution is -2.17. The topological polar surface area (TPSA) is 108 Å². The Morgan fingerprint density at radius 3 is 2.59 bits per heavy atom. The SMILES string of the molecule is Cc1noc(C(C)C)c1C(=O)OCC(=O)c1cc(C)n(C2CCS(=O)(=O)C2)c1C. The molecule has 1 saturated heterocycles. The van der Waals surface area contributed by atoms with Gasteiger partial charge in [0.2, 0.25) is 5.78 Å². The molecule has 1 unspecified atom stereocenters. The van der Waals surface area contributed by atoms with Crippen LogP contribution in [-0.4, -0.2) is 48.0 Å². The average Bonchev–Trinajstić information content (AvgIpc) is 3.27. The maximum Gasteiger partial charge on any atom is 0.344 e. The van der Waals surface area contributed by atoms with Crippen molar-refractivity contribution in [1.29, 1.82) is 0 Å². The van der Waals surface area contributed by atoms with Gasteiger partial charge in [-0.05, 0) is 33.3 Å². The van der Waals surface area contributed by atoms with Gasteiger partial charge in [-0.15, -0.1) is 0 Å². The van der Waals surface area contributed by atoms with Crippen LogP contribution in [0.15, 0.2) is 10.6 Å². The number of aromatic nitrogens is 2. The summed E-state index contributed by atoms with van der Waals surface area (Å²) in [4.78, 5) is 25.2. The van der Waals surface area contributed by atoms with E-state index in [9.17, 15) is 18.0 Å². The molecule has 2 aromatic rings. The van der Waals surface area contributed by atoms with Crippen molar-refractivity contribution in [3.8, 4) is 0 Å². The highest BCUT2D eigenvalue weighted by atomic mass is 32.2. The molecule has 9 heteroatoms. The van der Waals surface area contributed by atoms with Gasteiger partial charge in [-0.3, -0.25) is 4.79 Å². The van der Waals surface area contributed by atoms with Crippen LogP contribution in [0, 0.1) is 20.8 Å². The molecule has 0 bridgehead atoms. The molecule has 0 spiro atoms. The number of Topliss-reactive ketones (excluding diaryl/α,β-unsaturated/α-hetero) is 1. The van der Waals surface area contributed by atoms with Crippen LogP contribution in [0.2, 0.25) is 0 Å². The molecule has 0 saturated carbocycles. The van der Waals surface area contributed by atoms with E-state index in [0.29, 0.717) is 29.1 Å². The Bertz CT molecular complexity index is 1060. The van der Waals surface area contributed by atoms with Gasteiger partial charge >= 0.3 is 5.97 Å². The molecule has 1 aliphatic rings. The number of carbonyl (C=O) groups is 2. The molecule has 0 aliphatic carbocycles. The van der Waals surface area contributed by atoms with E-state index in [2.05, 4.69) is 5.16 Å². The number of nitrogens with zero attached hydrogens (tertiary/aromatic N) is 2. The fourth-order valence-electron chi connectivity index (χ4n) is 3.91. The quantitative estimate of drug-likeness (QED) is 0.520. The normalized spacial score (nSPS) is 18.3. The minimum absolute atomic E-state index is 0.0453. The van der Waals surface area contributed by atoms with E-state index >= 15 is 0 Å². The summed E-state index contributed by atoms with van der Waals surface area (Å²) >= 11 is 0. The number of ether oxygens (including phenoxy) is 1. The number of hydrogen-bond acceptors (Lipinski definition) is 7. The zero-order valence-corrected chi connectivity index (χ0v) is 18.1. The van der Waals surface area contributed by atoms with E-state index in [-0.39, 0.29) is 34.8 Å². The van der Waals surface area contributed by atoms with Crippen molar-refractivity contribution in [3.05, 3.63) is 40.0 Å². The summed E-state index contributed by atoms with van der Waals surface area (Å²) in [5, 5.41) is 3.82. The molecular formula is C20H26N2O6S. The highest BCUT2D eigenvalue weighted by molar-refractivity contribution is 7.91. The van der Waals surface area contributed by atoms with Crippen molar-refractivity contribution in [3.63, 3.8) is 0 Å². The first-order chi connectivity index (χ1) is 13.5. The lowest BCUT2D eigenvalue weighted by Gasteiger charge is -2.16. The number of sulfone groups is 1. The fraction of sp³-hybridized carbons (Fsp3) is 0.550. The van der Waals surface area contributed by atoms with Crippen molar-refractivity contribution in [2.24, 2.45) is 0 Å². The van der Waals surface area contributed by atoms with Gasteiger partial charge in [-0.2, -0.15) is 0 Å². The lowest BCUT2D eigenvalue weighted by atomic mass is 10.1. The average molecular weight is 423 g/mol. The maximum absolute atomic E-state index is 12.7. The summed E-state index contributed by atoms with van der Waals surface area (Å²) in [6.07, 6.45) is 0.534. The Balaban J connectivity index is 1.75. The van der Waals surface area contributed by atoms with Crippen molar-refractivity contribution >= 4 is 21.6 Å². The van der Waals surface area contributed by atoms with Gasteiger partial charge in [0.05, 0.1) is 17.2 Å². The van der Waals surface area contributed by atoms with Crippen LogP contribution in [-0.2, 0) is 14.6 Å². The highest BCUT2D eigenvalue weighted by Gasteiger charge is 2.32. The second kappa shape index (κ2) is 7.78. The summed E-state index contributed by atoms with van der Waals surface area (Å²) in [6, 6.07) is 1.55. The van der Waals surface area contributed by atoms with Gasteiger partial charge < -0.3 is 13.8 Å². The third-order valence-electron chi connectivity index (χ3n) is 5.31. The van der Waals surface area contributed by atoms with Crippen molar-refractivity contribution in [1.82, 2.24) is 9.72 Å². The number of hydrogen-bond donors (Lipinski definition) is 0. The molecule has 3 rings (SSSR count). The standard InChI is InChI=1S/C20H26N2O6S/c1-11(2)19-18(13(4)21-28-19)20(24)27-9-17(23)16-8-12(3)22(14(16)5)15-6-7-29(25,26)10-15/h8,11,15H,6-7,9-10H2,1-5H3. The molecule has 0 radical (unpaired) electrons. The molecule has 2 aromatic heterocycles. The van der Waals surface area contributed by atoms with Crippen LogP contribution in [0.3, 0.4) is 0 Å². The third-order valence-corrected chi connectivity index (χ3v) is 7.06. The van der Waals surface area contributed by atoms with Gasteiger partial charge in [0.15, 0.2) is 22.2 Å². The summed E-state index contributed by atoms with van der Waals surface area (Å²) in [5.74, 6) is -0.352. The van der Waals surface area contributed by atoms with E-state index in [0.717, 1.165) is 5.69 Å². The highest BCUT2D eigenvalue weighted by Crippen LogP contribution is 2.29. The monoisotopic (exact) mass is 422 g/mol. The van der Waals surface area contributed by atoms with E-state index in [1.165, 1.54) is 0 Å². The first kappa shape index (κ1) is 21.3. The predicted molar refractivity (Wildman–Crippen MR) is 106 cm³/mol. The Kier molecular flexibility index (Phi) is 5.71. The van der Waals surface area contributed by atoms with Gasteiger partial charge in [0, 0.05) is 28.9 Å². The van der Waals surface area contributed by atoms with Crippen LogP contribution in [0.5, 0.6) is 0 Å². The molecule has 0 amide bonds. The number of rotatable bonds is 6. The van der Waals surface area contributed by atoms with Gasteiger partial charge in [-0.1, -0.05) is 19.0 Å². The maximum atomic E-state index is 12.7. The first-order valence-corrected chi connectivity index (χ1v) is 11.4. The van der Waals surface area contributed by atoms with Gasteiger partial charge in [0.25, 0.3) is 0 Å². The largest absolute Gasteiger partial charge is 0.454 e.